The summed E-state index contributed by atoms with van der Waals surface area (Å²) in [6, 6.07) is 9.36. The molecule has 0 atom stereocenters. The van der Waals surface area contributed by atoms with E-state index < -0.39 is 23.4 Å². The zero-order chi connectivity index (χ0) is 26.4. The highest BCUT2D eigenvalue weighted by Gasteiger charge is 2.38. The Morgan fingerprint density at radius 3 is 2.14 bits per heavy atom. The van der Waals surface area contributed by atoms with Crippen LogP contribution in [-0.2, 0) is 9.59 Å². The number of barbiturate groups is 1. The van der Waals surface area contributed by atoms with Gasteiger partial charge in [-0.2, -0.15) is 0 Å². The van der Waals surface area contributed by atoms with Crippen LogP contribution in [0.5, 0.6) is 0 Å². The number of aromatic nitrogens is 2. The van der Waals surface area contributed by atoms with Gasteiger partial charge in [0.05, 0.1) is 11.3 Å². The van der Waals surface area contributed by atoms with Gasteiger partial charge in [-0.1, -0.05) is 18.2 Å². The van der Waals surface area contributed by atoms with E-state index in [2.05, 4.69) is 0 Å². The summed E-state index contributed by atoms with van der Waals surface area (Å²) in [4.78, 5) is 61.7. The number of piperazine rings is 1. The maximum Gasteiger partial charge on any atom is 0.333 e. The third-order valence-corrected chi connectivity index (χ3v) is 6.69. The SMILES string of the molecule is Cc1ccc2nc(N3CCN(c4ccccc4F)CC3)c(C=C3C(=O)N(C)C(=O)N(C)C3=O)c(=O)n2c1. The molecule has 2 fully saturated rings. The van der Waals surface area contributed by atoms with E-state index in [9.17, 15) is 23.6 Å². The zero-order valence-electron chi connectivity index (χ0n) is 20.6. The van der Waals surface area contributed by atoms with Gasteiger partial charge in [0.25, 0.3) is 17.4 Å². The van der Waals surface area contributed by atoms with Crippen molar-refractivity contribution in [2.75, 3.05) is 50.1 Å². The predicted molar refractivity (Wildman–Crippen MR) is 136 cm³/mol. The Bertz CT molecular complexity index is 1510. The van der Waals surface area contributed by atoms with Crippen molar-refractivity contribution in [1.29, 1.82) is 0 Å². The molecule has 4 heterocycles. The molecule has 2 aromatic heterocycles. The third kappa shape index (κ3) is 4.11. The lowest BCUT2D eigenvalue weighted by molar-refractivity contribution is -0.134. The first kappa shape index (κ1) is 24.2. The topological polar surface area (TPSA) is 98.5 Å². The van der Waals surface area contributed by atoms with Crippen molar-refractivity contribution in [3.8, 4) is 0 Å². The number of aryl methyl sites for hydroxylation is 1. The molecule has 0 bridgehead atoms. The third-order valence-electron chi connectivity index (χ3n) is 6.69. The van der Waals surface area contributed by atoms with Gasteiger partial charge in [-0.05, 0) is 36.8 Å². The Hall–Kier alpha value is -4.54. The van der Waals surface area contributed by atoms with Crippen LogP contribution in [0.4, 0.5) is 20.7 Å². The molecule has 2 saturated heterocycles. The molecule has 0 aliphatic carbocycles. The van der Waals surface area contributed by atoms with E-state index in [0.29, 0.717) is 43.3 Å². The summed E-state index contributed by atoms with van der Waals surface area (Å²) in [7, 11) is 2.55. The van der Waals surface area contributed by atoms with Gasteiger partial charge in [0, 0.05) is 46.5 Å². The van der Waals surface area contributed by atoms with Gasteiger partial charge in [-0.3, -0.25) is 28.6 Å². The van der Waals surface area contributed by atoms with E-state index in [1.807, 2.05) is 22.8 Å². The van der Waals surface area contributed by atoms with Crippen LogP contribution in [0.3, 0.4) is 0 Å². The van der Waals surface area contributed by atoms with Crippen LogP contribution in [0.1, 0.15) is 11.1 Å². The Morgan fingerprint density at radius 1 is 0.865 bits per heavy atom. The number of likely N-dealkylation sites (N-methyl/N-ethyl adjacent to an activating group) is 2. The fourth-order valence-electron chi connectivity index (χ4n) is 4.60. The van der Waals surface area contributed by atoms with Crippen LogP contribution < -0.4 is 15.4 Å². The molecular formula is C26H25FN6O4. The fraction of sp³-hybridized carbons (Fsp3) is 0.269. The van der Waals surface area contributed by atoms with Gasteiger partial charge in [0.15, 0.2) is 0 Å². The van der Waals surface area contributed by atoms with E-state index in [-0.39, 0.29) is 17.0 Å². The summed E-state index contributed by atoms with van der Waals surface area (Å²) in [6.45, 7) is 3.65. The first-order valence-corrected chi connectivity index (χ1v) is 11.8. The molecule has 0 radical (unpaired) electrons. The maximum atomic E-state index is 14.3. The molecule has 1 aromatic carbocycles. The zero-order valence-corrected chi connectivity index (χ0v) is 20.6. The number of carbonyl (C=O) groups excluding carboxylic acids is 3. The van der Waals surface area contributed by atoms with E-state index in [4.69, 9.17) is 4.98 Å². The molecule has 4 amide bonds. The summed E-state index contributed by atoms with van der Waals surface area (Å²) in [5.74, 6) is -1.58. The molecule has 0 N–H and O–H groups in total. The number of imide groups is 2. The van der Waals surface area contributed by atoms with Gasteiger partial charge in [0.2, 0.25) is 0 Å². The highest BCUT2D eigenvalue weighted by Crippen LogP contribution is 2.26. The lowest BCUT2D eigenvalue weighted by Crippen LogP contribution is -2.53. The molecule has 2 aliphatic rings. The fourth-order valence-corrected chi connectivity index (χ4v) is 4.60. The molecule has 190 valence electrons. The molecular weight excluding hydrogens is 479 g/mol. The number of carbonyl (C=O) groups is 3. The number of rotatable bonds is 3. The molecule has 5 rings (SSSR count). The number of fused-ring (bicyclic) bond motifs is 1. The molecule has 11 heteroatoms. The van der Waals surface area contributed by atoms with Gasteiger partial charge >= 0.3 is 6.03 Å². The van der Waals surface area contributed by atoms with E-state index in [1.165, 1.54) is 30.6 Å². The van der Waals surface area contributed by atoms with Gasteiger partial charge in [-0.15, -0.1) is 0 Å². The highest BCUT2D eigenvalue weighted by atomic mass is 19.1. The van der Waals surface area contributed by atoms with E-state index >= 15 is 0 Å². The Labute approximate surface area is 211 Å². The molecule has 37 heavy (non-hydrogen) atoms. The van der Waals surface area contributed by atoms with Crippen molar-refractivity contribution < 1.29 is 18.8 Å². The lowest BCUT2D eigenvalue weighted by Gasteiger charge is -2.37. The lowest BCUT2D eigenvalue weighted by atomic mass is 10.1. The second-order valence-electron chi connectivity index (χ2n) is 9.08. The average molecular weight is 505 g/mol. The minimum atomic E-state index is -0.794. The van der Waals surface area contributed by atoms with Crippen LogP contribution in [0.2, 0.25) is 0 Å². The molecule has 0 saturated carbocycles. The summed E-state index contributed by atoms with van der Waals surface area (Å²) >= 11 is 0. The Balaban J connectivity index is 1.59. The number of pyridine rings is 1. The summed E-state index contributed by atoms with van der Waals surface area (Å²) in [6.07, 6.45) is 2.87. The average Bonchev–Trinajstić information content (AvgIpc) is 2.90. The minimum Gasteiger partial charge on any atom is -0.366 e. The minimum absolute atomic E-state index is 0.0651. The molecule has 2 aliphatic heterocycles. The van der Waals surface area contributed by atoms with Crippen molar-refractivity contribution in [3.05, 3.63) is 75.5 Å². The van der Waals surface area contributed by atoms with Crippen molar-refractivity contribution in [2.45, 2.75) is 6.92 Å². The van der Waals surface area contributed by atoms with Crippen LogP contribution in [0.15, 0.2) is 53.0 Å². The molecule has 0 spiro atoms. The maximum absolute atomic E-state index is 14.3. The number of urea groups is 1. The Morgan fingerprint density at radius 2 is 1.49 bits per heavy atom. The van der Waals surface area contributed by atoms with Crippen molar-refractivity contribution in [2.24, 2.45) is 0 Å². The number of hydrogen-bond donors (Lipinski definition) is 0. The molecule has 3 aromatic rings. The van der Waals surface area contributed by atoms with Gasteiger partial charge in [-0.25, -0.2) is 14.2 Å². The highest BCUT2D eigenvalue weighted by molar-refractivity contribution is 6.30. The van der Waals surface area contributed by atoms with Crippen LogP contribution in [-0.4, -0.2) is 77.3 Å². The standard InChI is InChI=1S/C26H25FN6O4/c1-16-8-9-21-28-22(32-12-10-31(11-13-32)20-7-5-4-6-19(20)27)17(25(36)33(21)15-16)14-18-23(34)29(2)26(37)30(3)24(18)35/h4-9,14-15H,10-13H2,1-3H3. The van der Waals surface area contributed by atoms with Crippen molar-refractivity contribution in [1.82, 2.24) is 19.2 Å². The summed E-state index contributed by atoms with van der Waals surface area (Å²) in [5, 5.41) is 0. The smallest absolute Gasteiger partial charge is 0.333 e. The van der Waals surface area contributed by atoms with Crippen LogP contribution in [0.25, 0.3) is 11.7 Å². The first-order valence-electron chi connectivity index (χ1n) is 11.8. The van der Waals surface area contributed by atoms with Crippen LogP contribution >= 0.6 is 0 Å². The predicted octanol–water partition coefficient (Wildman–Crippen LogP) is 1.90. The largest absolute Gasteiger partial charge is 0.366 e. The van der Waals surface area contributed by atoms with Crippen LogP contribution in [0, 0.1) is 12.7 Å². The number of para-hydroxylation sites is 1. The summed E-state index contributed by atoms with van der Waals surface area (Å²) < 4.78 is 15.7. The Kier molecular flexibility index (Phi) is 5.98. The molecule has 0 unspecified atom stereocenters. The number of nitrogens with zero attached hydrogens (tertiary/aromatic N) is 6. The van der Waals surface area contributed by atoms with E-state index in [0.717, 1.165) is 15.4 Å². The monoisotopic (exact) mass is 504 g/mol. The summed E-state index contributed by atoms with van der Waals surface area (Å²) in [5.41, 5.74) is 1.06. The van der Waals surface area contributed by atoms with Crippen molar-refractivity contribution >= 4 is 41.1 Å². The van der Waals surface area contributed by atoms with Crippen molar-refractivity contribution in [3.63, 3.8) is 0 Å². The van der Waals surface area contributed by atoms with E-state index in [1.54, 1.807) is 30.5 Å². The first-order chi connectivity index (χ1) is 17.7. The number of amides is 4. The number of hydrogen-bond acceptors (Lipinski definition) is 7. The number of benzene rings is 1. The second kappa shape index (κ2) is 9.16. The number of anilines is 2. The normalized spacial score (nSPS) is 16.8. The molecule has 10 nitrogen and oxygen atoms in total. The second-order valence-corrected chi connectivity index (χ2v) is 9.08. The quantitative estimate of drug-likeness (QED) is 0.397. The number of halogens is 1. The van der Waals surface area contributed by atoms with Gasteiger partial charge in [0.1, 0.15) is 22.9 Å². The van der Waals surface area contributed by atoms with Gasteiger partial charge < -0.3 is 9.80 Å².